The average Bonchev–Trinajstić information content (AvgIpc) is 3.20. The first-order valence-electron chi connectivity index (χ1n) is 11.5. The number of benzene rings is 2. The third-order valence-corrected chi connectivity index (χ3v) is 8.78. The fourth-order valence-electron chi connectivity index (χ4n) is 3.72. The van der Waals surface area contributed by atoms with Gasteiger partial charge in [0.05, 0.1) is 22.2 Å². The molecule has 2 aromatic carbocycles. The van der Waals surface area contributed by atoms with E-state index < -0.39 is 38.0 Å². The highest BCUT2D eigenvalue weighted by Crippen LogP contribution is 2.43. The van der Waals surface area contributed by atoms with Crippen LogP contribution in [0.1, 0.15) is 33.6 Å². The SMILES string of the molecule is CC(C)(C)S(=O)(=O)c1oc2nc(-c3ccccc3Cl)c(-c3ccc(Cl)cc3)cc2c1NC(=O)CCC(=O)O. The number of amides is 1. The maximum absolute atomic E-state index is 13.5. The smallest absolute Gasteiger partial charge is 0.303 e. The summed E-state index contributed by atoms with van der Waals surface area (Å²) in [5.74, 6) is -1.83. The van der Waals surface area contributed by atoms with Crippen molar-refractivity contribution in [2.24, 2.45) is 0 Å². The molecule has 2 aromatic heterocycles. The Balaban J connectivity index is 2.04. The molecule has 0 saturated carbocycles. The van der Waals surface area contributed by atoms with Crippen molar-refractivity contribution in [3.05, 3.63) is 64.6 Å². The van der Waals surface area contributed by atoms with Crippen LogP contribution >= 0.6 is 23.2 Å². The van der Waals surface area contributed by atoms with Gasteiger partial charge >= 0.3 is 5.97 Å². The van der Waals surface area contributed by atoms with Crippen LogP contribution in [0.3, 0.4) is 0 Å². The summed E-state index contributed by atoms with van der Waals surface area (Å²) in [6, 6.07) is 15.7. The number of carboxylic acid groups (broad SMARTS) is 1. The minimum absolute atomic E-state index is 0.0333. The third-order valence-electron chi connectivity index (χ3n) is 5.82. The molecule has 0 aliphatic heterocycles. The van der Waals surface area contributed by atoms with Gasteiger partial charge in [0.25, 0.3) is 0 Å². The maximum atomic E-state index is 13.5. The lowest BCUT2D eigenvalue weighted by Gasteiger charge is -2.18. The van der Waals surface area contributed by atoms with Crippen LogP contribution in [0.2, 0.25) is 10.0 Å². The van der Waals surface area contributed by atoms with Gasteiger partial charge in [-0.25, -0.2) is 13.4 Å². The minimum atomic E-state index is -4.10. The van der Waals surface area contributed by atoms with Crippen LogP contribution in [-0.4, -0.2) is 35.1 Å². The van der Waals surface area contributed by atoms with E-state index in [1.54, 1.807) is 54.6 Å². The summed E-state index contributed by atoms with van der Waals surface area (Å²) < 4.78 is 31.5. The van der Waals surface area contributed by atoms with Gasteiger partial charge < -0.3 is 14.8 Å². The van der Waals surface area contributed by atoms with Crippen molar-refractivity contribution >= 4 is 61.7 Å². The van der Waals surface area contributed by atoms with Crippen LogP contribution in [0, 0.1) is 0 Å². The first-order chi connectivity index (χ1) is 17.8. The molecule has 1 amide bonds. The molecule has 38 heavy (non-hydrogen) atoms. The summed E-state index contributed by atoms with van der Waals surface area (Å²) in [4.78, 5) is 28.3. The fraction of sp³-hybridized carbons (Fsp3) is 0.222. The number of aliphatic carboxylic acids is 1. The molecule has 0 atom stereocenters. The molecule has 198 valence electrons. The number of fused-ring (bicyclic) bond motifs is 1. The molecule has 0 fully saturated rings. The molecule has 0 aliphatic carbocycles. The number of rotatable bonds is 7. The second-order valence-electron chi connectivity index (χ2n) is 9.55. The van der Waals surface area contributed by atoms with Crippen molar-refractivity contribution in [2.75, 3.05) is 5.32 Å². The lowest BCUT2D eigenvalue weighted by molar-refractivity contribution is -0.138. The molecule has 4 rings (SSSR count). The summed E-state index contributed by atoms with van der Waals surface area (Å²) in [5.41, 5.74) is 2.19. The summed E-state index contributed by atoms with van der Waals surface area (Å²) in [7, 11) is -4.10. The fourth-order valence-corrected chi connectivity index (χ4v) is 5.24. The van der Waals surface area contributed by atoms with E-state index in [9.17, 15) is 18.0 Å². The molecule has 0 spiro atoms. The van der Waals surface area contributed by atoms with E-state index in [1.807, 2.05) is 0 Å². The quantitative estimate of drug-likeness (QED) is 0.247. The lowest BCUT2D eigenvalue weighted by Crippen LogP contribution is -2.28. The number of carbonyl (C=O) groups excluding carboxylic acids is 1. The summed E-state index contributed by atoms with van der Waals surface area (Å²) in [5, 5.41) is 12.2. The van der Waals surface area contributed by atoms with Gasteiger partial charge in [-0.1, -0.05) is 53.5 Å². The number of carbonyl (C=O) groups is 2. The Morgan fingerprint density at radius 2 is 1.66 bits per heavy atom. The summed E-state index contributed by atoms with van der Waals surface area (Å²) in [6.45, 7) is 4.52. The molecular weight excluding hydrogens is 551 g/mol. The van der Waals surface area contributed by atoms with Crippen LogP contribution < -0.4 is 5.32 Å². The van der Waals surface area contributed by atoms with Crippen molar-refractivity contribution in [3.63, 3.8) is 0 Å². The van der Waals surface area contributed by atoms with Crippen LogP contribution in [0.25, 0.3) is 33.5 Å². The van der Waals surface area contributed by atoms with Crippen molar-refractivity contribution < 1.29 is 27.5 Å². The van der Waals surface area contributed by atoms with Gasteiger partial charge in [-0.05, 0) is 50.6 Å². The molecule has 2 heterocycles. The molecule has 11 heteroatoms. The van der Waals surface area contributed by atoms with E-state index in [0.717, 1.165) is 0 Å². The Kier molecular flexibility index (Phi) is 7.56. The van der Waals surface area contributed by atoms with Gasteiger partial charge in [0.15, 0.2) is 0 Å². The molecular formula is C27H24Cl2N2O6S. The van der Waals surface area contributed by atoms with Gasteiger partial charge in [0.1, 0.15) is 5.69 Å². The highest BCUT2D eigenvalue weighted by Gasteiger charge is 2.38. The van der Waals surface area contributed by atoms with E-state index >= 15 is 0 Å². The summed E-state index contributed by atoms with van der Waals surface area (Å²) in [6.07, 6.45) is -0.778. The molecule has 0 unspecified atom stereocenters. The van der Waals surface area contributed by atoms with E-state index in [2.05, 4.69) is 10.3 Å². The van der Waals surface area contributed by atoms with E-state index in [1.165, 1.54) is 20.8 Å². The van der Waals surface area contributed by atoms with E-state index in [-0.39, 0.29) is 23.2 Å². The topological polar surface area (TPSA) is 127 Å². The van der Waals surface area contributed by atoms with E-state index in [4.69, 9.17) is 32.7 Å². The molecule has 0 radical (unpaired) electrons. The van der Waals surface area contributed by atoms with Crippen LogP contribution in [0.4, 0.5) is 5.69 Å². The monoisotopic (exact) mass is 574 g/mol. The normalized spacial score (nSPS) is 12.0. The molecule has 0 aliphatic rings. The van der Waals surface area contributed by atoms with Gasteiger partial charge in [0.2, 0.25) is 26.6 Å². The van der Waals surface area contributed by atoms with Crippen LogP contribution in [0.15, 0.2) is 64.1 Å². The van der Waals surface area contributed by atoms with Gasteiger partial charge in [0, 0.05) is 27.6 Å². The predicted molar refractivity (Wildman–Crippen MR) is 147 cm³/mol. The molecule has 2 N–H and O–H groups in total. The van der Waals surface area contributed by atoms with Crippen molar-refractivity contribution in [3.8, 4) is 22.4 Å². The number of hydrogen-bond acceptors (Lipinski definition) is 6. The zero-order valence-corrected chi connectivity index (χ0v) is 23.0. The van der Waals surface area contributed by atoms with Crippen LogP contribution in [-0.2, 0) is 19.4 Å². The van der Waals surface area contributed by atoms with Crippen molar-refractivity contribution in [2.45, 2.75) is 43.5 Å². The first kappa shape index (κ1) is 27.6. The lowest BCUT2D eigenvalue weighted by atomic mass is 9.98. The second kappa shape index (κ2) is 10.4. The van der Waals surface area contributed by atoms with Crippen LogP contribution in [0.5, 0.6) is 0 Å². The largest absolute Gasteiger partial charge is 0.481 e. The van der Waals surface area contributed by atoms with Crippen molar-refractivity contribution in [1.82, 2.24) is 4.98 Å². The zero-order valence-electron chi connectivity index (χ0n) is 20.7. The second-order valence-corrected chi connectivity index (χ2v) is 13.0. The Morgan fingerprint density at radius 1 is 1.00 bits per heavy atom. The van der Waals surface area contributed by atoms with Crippen molar-refractivity contribution in [1.29, 1.82) is 0 Å². The van der Waals surface area contributed by atoms with E-state index in [0.29, 0.717) is 32.4 Å². The Morgan fingerprint density at radius 3 is 2.26 bits per heavy atom. The Hall–Kier alpha value is -3.40. The molecule has 8 nitrogen and oxygen atoms in total. The minimum Gasteiger partial charge on any atom is -0.481 e. The number of hydrogen-bond donors (Lipinski definition) is 2. The number of pyridine rings is 1. The number of nitrogens with zero attached hydrogens (tertiary/aromatic N) is 1. The number of halogens is 2. The number of nitrogens with one attached hydrogen (secondary N) is 1. The number of sulfone groups is 1. The molecule has 0 bridgehead atoms. The number of anilines is 1. The zero-order chi connectivity index (χ0) is 27.8. The van der Waals surface area contributed by atoms with Gasteiger partial charge in [-0.3, -0.25) is 9.59 Å². The Labute approximate surface area is 229 Å². The summed E-state index contributed by atoms with van der Waals surface area (Å²) >= 11 is 12.6. The third kappa shape index (κ3) is 5.41. The number of carboxylic acids is 1. The molecule has 4 aromatic rings. The standard InChI is InChI=1S/C27H24Cl2N2O6S/c1-27(2,3)38(35,36)26-24(30-21(32)12-13-22(33)34)19-14-18(15-8-10-16(28)11-9-15)23(31-25(19)37-26)17-6-4-5-7-20(17)29/h4-11,14H,12-13H2,1-3H3,(H,30,32)(H,33,34). The number of aromatic nitrogens is 1. The van der Waals surface area contributed by atoms with Gasteiger partial charge in [-0.15, -0.1) is 0 Å². The maximum Gasteiger partial charge on any atom is 0.303 e. The highest BCUT2D eigenvalue weighted by molar-refractivity contribution is 7.92. The Bertz CT molecular complexity index is 1660. The van der Waals surface area contributed by atoms with Gasteiger partial charge in [-0.2, -0.15) is 0 Å². The number of furan rings is 1. The molecule has 0 saturated heterocycles. The predicted octanol–water partition coefficient (Wildman–Crippen LogP) is 6.84. The highest BCUT2D eigenvalue weighted by atomic mass is 35.5. The average molecular weight is 575 g/mol. The first-order valence-corrected chi connectivity index (χ1v) is 13.8.